The Balaban J connectivity index is 8.28. The van der Waals surface area contributed by atoms with Gasteiger partial charge in [-0.15, -0.1) is 0 Å². The molecule has 0 aliphatic rings. The highest BCUT2D eigenvalue weighted by Crippen LogP contribution is 2.65. The number of hydrogen-bond donors (Lipinski definition) is 0. The third-order valence-corrected chi connectivity index (χ3v) is 15.6. The molecule has 70 heavy (non-hydrogen) atoms. The van der Waals surface area contributed by atoms with Gasteiger partial charge in [0.1, 0.15) is 0 Å². The van der Waals surface area contributed by atoms with Gasteiger partial charge in [-0.1, -0.05) is 24.2 Å². The molecule has 0 amide bonds. The van der Waals surface area contributed by atoms with Crippen LogP contribution in [-0.2, 0) is 0 Å². The lowest BCUT2D eigenvalue weighted by Crippen LogP contribution is -2.70. The van der Waals surface area contributed by atoms with Crippen molar-refractivity contribution in [3.63, 3.8) is 0 Å². The van der Waals surface area contributed by atoms with Gasteiger partial charge in [-0.2, -0.15) is 171 Å². The van der Waals surface area contributed by atoms with E-state index >= 15 is 0 Å². The van der Waals surface area contributed by atoms with Crippen LogP contribution in [0.15, 0.2) is 0 Å². The van der Waals surface area contributed by atoms with Gasteiger partial charge in [0, 0.05) is 19.3 Å². The van der Waals surface area contributed by atoms with Gasteiger partial charge in [0.2, 0.25) is 0 Å². The Labute approximate surface area is 363 Å². The Morgan fingerprint density at radius 3 is 0.571 bits per heavy atom. The SMILES string of the molecule is CN(C)CCC[Si](CCC(F)(F)C(F)(F)C(F)(F)C(F)(F)C(F)(F)C(F)(F)F)(CCC(F)(F)C(F)(F)C(F)(F)C(F)(F)C(F)(F)C(F)(F)F)CCC(F)(F)C(F)(F)C(F)(F)C(F)(F)C(F)(F)C(F)(F)F. The first-order valence-corrected chi connectivity index (χ1v) is 20.1. The van der Waals surface area contributed by atoms with E-state index in [2.05, 4.69) is 0 Å². The fourth-order valence-corrected chi connectivity index (χ4v) is 10.6. The summed E-state index contributed by atoms with van der Waals surface area (Å²) in [7, 11) is -5.17. The van der Waals surface area contributed by atoms with Crippen molar-refractivity contribution in [1.29, 1.82) is 0 Å². The Hall–Kier alpha value is -2.55. The van der Waals surface area contributed by atoms with Crippen molar-refractivity contribution in [1.82, 2.24) is 4.90 Å². The first-order valence-electron chi connectivity index (χ1n) is 17.3. The molecule has 41 heteroatoms. The van der Waals surface area contributed by atoms with Crippen LogP contribution >= 0.6 is 0 Å². The Morgan fingerprint density at radius 1 is 0.243 bits per heavy atom. The number of alkyl halides is 39. The van der Waals surface area contributed by atoms with Gasteiger partial charge < -0.3 is 4.90 Å². The van der Waals surface area contributed by atoms with Crippen LogP contribution in [0.2, 0.25) is 24.2 Å². The summed E-state index contributed by atoms with van der Waals surface area (Å²) in [6.07, 6.45) is -37.7. The van der Waals surface area contributed by atoms with E-state index in [0.717, 1.165) is 14.1 Å². The molecule has 0 saturated heterocycles. The van der Waals surface area contributed by atoms with Crippen LogP contribution < -0.4 is 0 Å². The number of nitrogens with zero attached hydrogens (tertiary/aromatic N) is 1. The van der Waals surface area contributed by atoms with Crippen molar-refractivity contribution in [3.05, 3.63) is 0 Å². The molecule has 0 aromatic heterocycles. The second-order valence-corrected chi connectivity index (χ2v) is 20.4. The summed E-state index contributed by atoms with van der Waals surface area (Å²) < 4.78 is 537. The molecule has 0 aliphatic heterocycles. The second-order valence-electron chi connectivity index (χ2n) is 15.4. The zero-order chi connectivity index (χ0) is 57.4. The highest BCUT2D eigenvalue weighted by molar-refractivity contribution is 6.79. The number of rotatable bonds is 25. The molecule has 0 aromatic rings. The van der Waals surface area contributed by atoms with Gasteiger partial charge >= 0.3 is 107 Å². The molecular formula is C29H24F39NSi. The molecule has 0 unspecified atom stereocenters. The monoisotopic (exact) mass is 1160 g/mol. The van der Waals surface area contributed by atoms with E-state index in [1.807, 2.05) is 0 Å². The molecule has 0 aliphatic carbocycles. The molecule has 0 aromatic carbocycles. The van der Waals surface area contributed by atoms with Gasteiger partial charge in [0.05, 0.1) is 8.07 Å². The summed E-state index contributed by atoms with van der Waals surface area (Å²) in [4.78, 5) is 0.629. The Morgan fingerprint density at radius 2 is 0.414 bits per heavy atom. The van der Waals surface area contributed by atoms with Crippen molar-refractivity contribution in [2.45, 2.75) is 157 Å². The summed E-state index contributed by atoms with van der Waals surface area (Å²) in [5, 5.41) is 0. The molecule has 0 fully saturated rings. The number of hydrogen-bond acceptors (Lipinski definition) is 1. The maximum absolute atomic E-state index is 14.9. The third-order valence-electron chi connectivity index (χ3n) is 10.2. The smallest absolute Gasteiger partial charge is 0.309 e. The quantitative estimate of drug-likeness (QED) is 0.0650. The lowest BCUT2D eigenvalue weighted by atomic mass is 9.93. The summed E-state index contributed by atoms with van der Waals surface area (Å²) in [6.45, 7) is -1.05. The maximum Gasteiger partial charge on any atom is 0.460 e. The van der Waals surface area contributed by atoms with Crippen LogP contribution in [0, 0.1) is 0 Å². The minimum absolute atomic E-state index is 0.629. The van der Waals surface area contributed by atoms with E-state index in [-0.39, 0.29) is 0 Å². The van der Waals surface area contributed by atoms with Crippen LogP contribution in [-0.4, -0.2) is 141 Å². The molecule has 0 N–H and O–H groups in total. The summed E-state index contributed by atoms with van der Waals surface area (Å²) in [6, 6.07) is -11.6. The van der Waals surface area contributed by atoms with E-state index < -0.39 is 172 Å². The van der Waals surface area contributed by atoms with E-state index in [4.69, 9.17) is 0 Å². The topological polar surface area (TPSA) is 3.24 Å². The maximum atomic E-state index is 14.9. The molecule has 0 atom stereocenters. The zero-order valence-electron chi connectivity index (χ0n) is 33.1. The lowest BCUT2D eigenvalue weighted by molar-refractivity contribution is -0.440. The van der Waals surface area contributed by atoms with Crippen LogP contribution in [0.5, 0.6) is 0 Å². The van der Waals surface area contributed by atoms with Crippen molar-refractivity contribution in [2.24, 2.45) is 0 Å². The average molecular weight is 1160 g/mol. The average Bonchev–Trinajstić information content (AvgIpc) is 3.12. The molecular weight excluding hydrogens is 1130 g/mol. The Kier molecular flexibility index (Phi) is 18.0. The Bertz CT molecular complexity index is 1560. The highest BCUT2D eigenvalue weighted by atomic mass is 28.3. The zero-order valence-corrected chi connectivity index (χ0v) is 34.1. The van der Waals surface area contributed by atoms with Crippen molar-refractivity contribution < 1.29 is 171 Å². The van der Waals surface area contributed by atoms with E-state index in [0.29, 0.717) is 4.90 Å². The predicted octanol–water partition coefficient (Wildman–Crippen LogP) is 15.8. The number of halogens is 39. The van der Waals surface area contributed by atoms with E-state index in [1.165, 1.54) is 0 Å². The summed E-state index contributed by atoms with van der Waals surface area (Å²) in [5.74, 6) is -127. The molecule has 1 nitrogen and oxygen atoms in total. The molecule has 422 valence electrons. The predicted molar refractivity (Wildman–Crippen MR) is 154 cm³/mol. The van der Waals surface area contributed by atoms with Crippen LogP contribution in [0.1, 0.15) is 25.7 Å². The summed E-state index contributed by atoms with van der Waals surface area (Å²) in [5.41, 5.74) is 0. The minimum atomic E-state index is -8.84. The largest absolute Gasteiger partial charge is 0.460 e. The molecule has 0 rings (SSSR count). The lowest BCUT2D eigenvalue weighted by Gasteiger charge is -2.43. The van der Waals surface area contributed by atoms with Gasteiger partial charge in [-0.3, -0.25) is 0 Å². The van der Waals surface area contributed by atoms with Gasteiger partial charge in [-0.05, 0) is 27.1 Å². The molecule has 0 spiro atoms. The fraction of sp³-hybridized carbons (Fsp3) is 1.00. The molecule has 0 saturated carbocycles. The van der Waals surface area contributed by atoms with Crippen LogP contribution in [0.25, 0.3) is 0 Å². The van der Waals surface area contributed by atoms with Crippen molar-refractivity contribution >= 4 is 8.07 Å². The second kappa shape index (κ2) is 18.7. The summed E-state index contributed by atoms with van der Waals surface area (Å²) >= 11 is 0. The first kappa shape index (κ1) is 67.4. The van der Waals surface area contributed by atoms with Crippen LogP contribution in [0.4, 0.5) is 171 Å². The van der Waals surface area contributed by atoms with Gasteiger partial charge in [-0.25, -0.2) is 0 Å². The van der Waals surface area contributed by atoms with E-state index in [9.17, 15) is 171 Å². The van der Waals surface area contributed by atoms with Gasteiger partial charge in [0.25, 0.3) is 0 Å². The van der Waals surface area contributed by atoms with Crippen molar-refractivity contribution in [3.8, 4) is 0 Å². The molecule has 0 radical (unpaired) electrons. The van der Waals surface area contributed by atoms with Crippen molar-refractivity contribution in [2.75, 3.05) is 20.6 Å². The third kappa shape index (κ3) is 10.6. The highest BCUT2D eigenvalue weighted by Gasteiger charge is 2.93. The van der Waals surface area contributed by atoms with Gasteiger partial charge in [0.15, 0.2) is 0 Å². The minimum Gasteiger partial charge on any atom is -0.309 e. The van der Waals surface area contributed by atoms with Crippen LogP contribution in [0.3, 0.4) is 0 Å². The molecule has 0 heterocycles. The normalized spacial score (nSPS) is 16.7. The first-order chi connectivity index (χ1) is 29.8. The standard InChI is InChI=1S/C29H24F39NSi/c1-69(2)7-3-8-70(9-4-12(30,31)15(36,37)18(42,43)21(48,49)24(54,55)27(60,61)62,10-5-13(32,33)16(38,39)19(44,45)22(50,51)25(56,57)28(63,64)65)11-6-14(34,35)17(40,41)20(46,47)23(52,53)26(58,59)29(66,67)68/h3-11H2,1-2H3. The molecule has 0 bridgehead atoms. The van der Waals surface area contributed by atoms with E-state index in [1.54, 1.807) is 0 Å². The fourth-order valence-electron chi connectivity index (χ4n) is 5.66.